The lowest BCUT2D eigenvalue weighted by Gasteiger charge is -2.03. The van der Waals surface area contributed by atoms with Crippen LogP contribution in [0.3, 0.4) is 0 Å². The molecule has 0 bridgehead atoms. The molecule has 0 spiro atoms. The smallest absolute Gasteiger partial charge is 0.345 e. The number of fused-ring (bicyclic) bond motifs is 1. The Kier molecular flexibility index (Phi) is 3.96. The number of carbonyl (C=O) groups excluding carboxylic acids is 1. The maximum Gasteiger partial charge on any atom is 0.345 e. The minimum absolute atomic E-state index is 0.393. The number of carbonyl (C=O) groups is 1. The van der Waals surface area contributed by atoms with Crippen molar-refractivity contribution in [2.45, 2.75) is 6.42 Å². The van der Waals surface area contributed by atoms with Crippen molar-refractivity contribution in [2.24, 2.45) is 0 Å². The third-order valence-electron chi connectivity index (χ3n) is 3.84. The van der Waals surface area contributed by atoms with E-state index in [0.29, 0.717) is 23.3 Å². The second-order valence-electron chi connectivity index (χ2n) is 5.58. The molecule has 0 amide bonds. The number of esters is 1. The summed E-state index contributed by atoms with van der Waals surface area (Å²) in [7, 11) is 0. The Morgan fingerprint density at radius 2 is 1.92 bits per heavy atom. The standard InChI is InChI=1S/C20H14N2O3/c23-20(15-7-4-10-21-13-15)24-16-8-9-17-18(22-25-19(17)12-16)11-14-5-2-1-3-6-14/h1-10,12-13H,11H2. The van der Waals surface area contributed by atoms with Crippen molar-refractivity contribution in [3.63, 3.8) is 0 Å². The first-order valence-corrected chi connectivity index (χ1v) is 7.84. The SMILES string of the molecule is O=C(Oc1ccc2c(Cc3ccccc3)noc2c1)c1cccnc1. The monoisotopic (exact) mass is 330 g/mol. The number of pyridine rings is 1. The maximum absolute atomic E-state index is 12.1. The van der Waals surface area contributed by atoms with Crippen molar-refractivity contribution < 1.29 is 14.1 Å². The van der Waals surface area contributed by atoms with Crippen LogP contribution in [0.5, 0.6) is 5.75 Å². The Bertz CT molecular complexity index is 1010. The zero-order chi connectivity index (χ0) is 17.1. The molecule has 0 unspecified atom stereocenters. The van der Waals surface area contributed by atoms with E-state index in [0.717, 1.165) is 16.6 Å². The molecular weight excluding hydrogens is 316 g/mol. The van der Waals surface area contributed by atoms with E-state index in [9.17, 15) is 4.79 Å². The second kappa shape index (κ2) is 6.57. The van der Waals surface area contributed by atoms with Crippen LogP contribution < -0.4 is 4.74 Å². The van der Waals surface area contributed by atoms with Gasteiger partial charge in [0.25, 0.3) is 0 Å². The Labute approximate surface area is 143 Å². The lowest BCUT2D eigenvalue weighted by Crippen LogP contribution is -2.08. The molecule has 5 nitrogen and oxygen atoms in total. The number of rotatable bonds is 4. The predicted molar refractivity (Wildman–Crippen MR) is 92.5 cm³/mol. The highest BCUT2D eigenvalue weighted by Crippen LogP contribution is 2.25. The van der Waals surface area contributed by atoms with Crippen molar-refractivity contribution in [3.05, 3.63) is 89.9 Å². The fraction of sp³-hybridized carbons (Fsp3) is 0.0500. The van der Waals surface area contributed by atoms with Crippen LogP contribution in [-0.2, 0) is 6.42 Å². The summed E-state index contributed by atoms with van der Waals surface area (Å²) in [5.74, 6) is -0.0553. The van der Waals surface area contributed by atoms with Gasteiger partial charge in [-0.3, -0.25) is 4.98 Å². The van der Waals surface area contributed by atoms with Gasteiger partial charge in [0.05, 0.1) is 11.3 Å². The summed E-state index contributed by atoms with van der Waals surface area (Å²) < 4.78 is 10.8. The van der Waals surface area contributed by atoms with E-state index >= 15 is 0 Å². The summed E-state index contributed by atoms with van der Waals surface area (Å²) >= 11 is 0. The molecule has 25 heavy (non-hydrogen) atoms. The van der Waals surface area contributed by atoms with E-state index in [-0.39, 0.29) is 0 Å². The molecule has 4 aromatic rings. The van der Waals surface area contributed by atoms with Crippen molar-refractivity contribution in [2.75, 3.05) is 0 Å². The van der Waals surface area contributed by atoms with Crippen LogP contribution in [0.4, 0.5) is 0 Å². The van der Waals surface area contributed by atoms with Gasteiger partial charge in [0, 0.05) is 30.3 Å². The molecule has 0 saturated carbocycles. The Hall–Kier alpha value is -3.47. The minimum Gasteiger partial charge on any atom is -0.423 e. The number of aromatic nitrogens is 2. The van der Waals surface area contributed by atoms with Crippen molar-refractivity contribution in [1.82, 2.24) is 10.1 Å². The third kappa shape index (κ3) is 3.26. The molecular formula is C20H14N2O3. The largest absolute Gasteiger partial charge is 0.423 e. The Morgan fingerprint density at radius 1 is 1.04 bits per heavy atom. The van der Waals surface area contributed by atoms with Gasteiger partial charge in [-0.25, -0.2) is 4.79 Å². The van der Waals surface area contributed by atoms with Crippen LogP contribution in [0, 0.1) is 0 Å². The molecule has 5 heteroatoms. The van der Waals surface area contributed by atoms with E-state index in [1.807, 2.05) is 36.4 Å². The van der Waals surface area contributed by atoms with Crippen molar-refractivity contribution in [1.29, 1.82) is 0 Å². The van der Waals surface area contributed by atoms with Gasteiger partial charge < -0.3 is 9.26 Å². The van der Waals surface area contributed by atoms with Gasteiger partial charge in [0.2, 0.25) is 0 Å². The average molecular weight is 330 g/mol. The zero-order valence-electron chi connectivity index (χ0n) is 13.3. The van der Waals surface area contributed by atoms with E-state index in [1.165, 1.54) is 6.20 Å². The van der Waals surface area contributed by atoms with E-state index in [4.69, 9.17) is 9.26 Å². The third-order valence-corrected chi connectivity index (χ3v) is 3.84. The van der Waals surface area contributed by atoms with Gasteiger partial charge in [0.1, 0.15) is 5.75 Å². The summed E-state index contributed by atoms with van der Waals surface area (Å²) in [6.07, 6.45) is 3.75. The molecule has 0 saturated heterocycles. The second-order valence-corrected chi connectivity index (χ2v) is 5.58. The number of hydrogen-bond donors (Lipinski definition) is 0. The van der Waals surface area contributed by atoms with Gasteiger partial charge in [-0.15, -0.1) is 0 Å². The molecule has 0 aliphatic heterocycles. The number of ether oxygens (including phenoxy) is 1. The fourth-order valence-corrected chi connectivity index (χ4v) is 2.60. The van der Waals surface area contributed by atoms with Gasteiger partial charge in [-0.2, -0.15) is 0 Å². The Balaban J connectivity index is 1.56. The highest BCUT2D eigenvalue weighted by Gasteiger charge is 2.13. The average Bonchev–Trinajstić information content (AvgIpc) is 3.05. The number of hydrogen-bond acceptors (Lipinski definition) is 5. The van der Waals surface area contributed by atoms with Crippen LogP contribution >= 0.6 is 0 Å². The summed E-state index contributed by atoms with van der Waals surface area (Å²) in [4.78, 5) is 16.0. The fourth-order valence-electron chi connectivity index (χ4n) is 2.60. The van der Waals surface area contributed by atoms with Crippen LogP contribution in [0.1, 0.15) is 21.6 Å². The predicted octanol–water partition coefficient (Wildman–Crippen LogP) is 4.03. The molecule has 2 heterocycles. The first-order valence-electron chi connectivity index (χ1n) is 7.84. The molecule has 2 aromatic heterocycles. The van der Waals surface area contributed by atoms with Gasteiger partial charge in [-0.05, 0) is 29.8 Å². The quantitative estimate of drug-likeness (QED) is 0.417. The topological polar surface area (TPSA) is 65.2 Å². The first kappa shape index (κ1) is 15.1. The molecule has 0 fully saturated rings. The normalized spacial score (nSPS) is 10.7. The van der Waals surface area contributed by atoms with Crippen molar-refractivity contribution in [3.8, 4) is 5.75 Å². The first-order chi connectivity index (χ1) is 12.3. The lowest BCUT2D eigenvalue weighted by molar-refractivity contribution is 0.0734. The molecule has 0 aliphatic rings. The van der Waals surface area contributed by atoms with Crippen LogP contribution in [0.25, 0.3) is 11.0 Å². The van der Waals surface area contributed by atoms with Crippen LogP contribution in [0.2, 0.25) is 0 Å². The molecule has 0 aliphatic carbocycles. The van der Waals surface area contributed by atoms with Gasteiger partial charge in [0.15, 0.2) is 5.58 Å². The molecule has 0 radical (unpaired) electrons. The lowest BCUT2D eigenvalue weighted by atomic mass is 10.1. The molecule has 4 rings (SSSR count). The molecule has 0 N–H and O–H groups in total. The van der Waals surface area contributed by atoms with E-state index < -0.39 is 5.97 Å². The highest BCUT2D eigenvalue weighted by molar-refractivity contribution is 5.91. The molecule has 2 aromatic carbocycles. The van der Waals surface area contributed by atoms with Crippen molar-refractivity contribution >= 4 is 16.9 Å². The minimum atomic E-state index is -0.462. The number of nitrogens with zero attached hydrogens (tertiary/aromatic N) is 2. The highest BCUT2D eigenvalue weighted by atomic mass is 16.5. The zero-order valence-corrected chi connectivity index (χ0v) is 13.3. The summed E-state index contributed by atoms with van der Waals surface area (Å²) in [6.45, 7) is 0. The molecule has 0 atom stereocenters. The van der Waals surface area contributed by atoms with Gasteiger partial charge in [-0.1, -0.05) is 35.5 Å². The van der Waals surface area contributed by atoms with E-state index in [1.54, 1.807) is 30.5 Å². The summed E-state index contributed by atoms with van der Waals surface area (Å²) in [5.41, 5.74) is 2.99. The summed E-state index contributed by atoms with van der Waals surface area (Å²) in [6, 6.07) is 18.7. The maximum atomic E-state index is 12.1. The summed E-state index contributed by atoms with van der Waals surface area (Å²) in [5, 5.41) is 5.05. The van der Waals surface area contributed by atoms with Gasteiger partial charge >= 0.3 is 5.97 Å². The van der Waals surface area contributed by atoms with Crippen LogP contribution in [0.15, 0.2) is 77.6 Å². The van der Waals surface area contributed by atoms with E-state index in [2.05, 4.69) is 10.1 Å². The van der Waals surface area contributed by atoms with Crippen LogP contribution in [-0.4, -0.2) is 16.1 Å². The number of benzene rings is 2. The Morgan fingerprint density at radius 3 is 2.72 bits per heavy atom. The molecule has 122 valence electrons.